The third kappa shape index (κ3) is 5.51. The molecular weight excluding hydrogens is 290 g/mol. The van der Waals surface area contributed by atoms with Crippen molar-refractivity contribution in [3.63, 3.8) is 0 Å². The average Bonchev–Trinajstić information content (AvgIpc) is 2.28. The summed E-state index contributed by atoms with van der Waals surface area (Å²) in [5.74, 6) is 0.667. The molecule has 0 heterocycles. The molecule has 1 aromatic carbocycles. The zero-order valence-electron chi connectivity index (χ0n) is 11.7. The highest BCUT2D eigenvalue weighted by molar-refractivity contribution is 9.10. The number of halogens is 1. The van der Waals surface area contributed by atoms with E-state index in [0.29, 0.717) is 5.92 Å². The number of ether oxygens (including phenoxy) is 1. The Kier molecular flexibility index (Phi) is 6.90. The quantitative estimate of drug-likeness (QED) is 0.816. The highest BCUT2D eigenvalue weighted by Gasteiger charge is 2.15. The first-order valence-electron chi connectivity index (χ1n) is 6.58. The fraction of sp³-hybridized carbons (Fsp3) is 0.600. The van der Waals surface area contributed by atoms with Crippen LogP contribution in [-0.2, 0) is 4.74 Å². The first-order chi connectivity index (χ1) is 8.52. The average molecular weight is 314 g/mol. The van der Waals surface area contributed by atoms with Crippen LogP contribution in [0.2, 0.25) is 0 Å². The summed E-state index contributed by atoms with van der Waals surface area (Å²) in [6, 6.07) is 8.37. The molecule has 18 heavy (non-hydrogen) atoms. The molecule has 2 atom stereocenters. The smallest absolute Gasteiger partial charge is 0.0952 e. The lowest BCUT2D eigenvalue weighted by Gasteiger charge is -2.24. The molecule has 0 bridgehead atoms. The molecule has 0 amide bonds. The number of likely N-dealkylation sites (N-methyl/N-ethyl adjacent to an activating group) is 1. The fourth-order valence-electron chi connectivity index (χ4n) is 2.11. The summed E-state index contributed by atoms with van der Waals surface area (Å²) < 4.78 is 7.25. The maximum Gasteiger partial charge on any atom is 0.0952 e. The summed E-state index contributed by atoms with van der Waals surface area (Å²) in [6.07, 6.45) is 1.50. The molecule has 0 aliphatic carbocycles. The van der Waals surface area contributed by atoms with E-state index in [1.54, 1.807) is 0 Å². The van der Waals surface area contributed by atoms with Crippen LogP contribution < -0.4 is 5.32 Å². The maximum atomic E-state index is 6.15. The van der Waals surface area contributed by atoms with E-state index < -0.39 is 0 Å². The SMILES string of the molecule is CNCC(OC(C)CC(C)C)c1ccc(Br)cc1. The van der Waals surface area contributed by atoms with Crippen LogP contribution >= 0.6 is 15.9 Å². The lowest BCUT2D eigenvalue weighted by molar-refractivity contribution is -0.0117. The van der Waals surface area contributed by atoms with Gasteiger partial charge in [-0.05, 0) is 44.0 Å². The Labute approximate surface area is 119 Å². The molecule has 0 saturated carbocycles. The van der Waals surface area contributed by atoms with Crippen LogP contribution in [-0.4, -0.2) is 19.7 Å². The van der Waals surface area contributed by atoms with Crippen molar-refractivity contribution in [2.75, 3.05) is 13.6 Å². The molecule has 0 saturated heterocycles. The molecule has 0 fully saturated rings. The summed E-state index contributed by atoms with van der Waals surface area (Å²) in [4.78, 5) is 0. The molecule has 0 spiro atoms. The summed E-state index contributed by atoms with van der Waals surface area (Å²) in [5, 5.41) is 3.20. The summed E-state index contributed by atoms with van der Waals surface area (Å²) in [6.45, 7) is 7.45. The van der Waals surface area contributed by atoms with Crippen LogP contribution in [0.15, 0.2) is 28.7 Å². The van der Waals surface area contributed by atoms with Gasteiger partial charge in [0.15, 0.2) is 0 Å². The van der Waals surface area contributed by atoms with Crippen LogP contribution in [0.25, 0.3) is 0 Å². The van der Waals surface area contributed by atoms with Gasteiger partial charge in [0.1, 0.15) is 0 Å². The number of hydrogen-bond acceptors (Lipinski definition) is 2. The van der Waals surface area contributed by atoms with Crippen molar-refractivity contribution in [3.05, 3.63) is 34.3 Å². The second kappa shape index (κ2) is 7.93. The lowest BCUT2D eigenvalue weighted by Crippen LogP contribution is -2.24. The van der Waals surface area contributed by atoms with Gasteiger partial charge in [-0.15, -0.1) is 0 Å². The van der Waals surface area contributed by atoms with E-state index in [1.165, 1.54) is 5.56 Å². The molecule has 1 rings (SSSR count). The van der Waals surface area contributed by atoms with Crippen molar-refractivity contribution >= 4 is 15.9 Å². The van der Waals surface area contributed by atoms with Gasteiger partial charge in [0.25, 0.3) is 0 Å². The molecule has 1 aromatic rings. The highest BCUT2D eigenvalue weighted by atomic mass is 79.9. The third-order valence-electron chi connectivity index (χ3n) is 2.83. The van der Waals surface area contributed by atoms with Crippen LogP contribution in [0.3, 0.4) is 0 Å². The van der Waals surface area contributed by atoms with E-state index in [-0.39, 0.29) is 12.2 Å². The van der Waals surface area contributed by atoms with Gasteiger partial charge in [0.05, 0.1) is 12.2 Å². The number of hydrogen-bond donors (Lipinski definition) is 1. The van der Waals surface area contributed by atoms with Gasteiger partial charge < -0.3 is 10.1 Å². The molecule has 2 nitrogen and oxygen atoms in total. The minimum absolute atomic E-state index is 0.122. The Hall–Kier alpha value is -0.380. The van der Waals surface area contributed by atoms with Crippen molar-refractivity contribution in [3.8, 4) is 0 Å². The molecule has 1 N–H and O–H groups in total. The van der Waals surface area contributed by atoms with Crippen LogP contribution in [0.4, 0.5) is 0 Å². The zero-order valence-corrected chi connectivity index (χ0v) is 13.3. The Morgan fingerprint density at radius 3 is 2.28 bits per heavy atom. The van der Waals surface area contributed by atoms with Gasteiger partial charge >= 0.3 is 0 Å². The maximum absolute atomic E-state index is 6.15. The van der Waals surface area contributed by atoms with E-state index in [0.717, 1.165) is 17.4 Å². The molecule has 102 valence electrons. The molecular formula is C15H24BrNO. The second-order valence-electron chi connectivity index (χ2n) is 5.17. The van der Waals surface area contributed by atoms with Gasteiger partial charge in [-0.3, -0.25) is 0 Å². The van der Waals surface area contributed by atoms with E-state index in [2.05, 4.69) is 66.3 Å². The molecule has 0 aromatic heterocycles. The lowest BCUT2D eigenvalue weighted by atomic mass is 10.1. The second-order valence-corrected chi connectivity index (χ2v) is 6.09. The zero-order chi connectivity index (χ0) is 13.5. The Balaban J connectivity index is 2.67. The molecule has 3 heteroatoms. The van der Waals surface area contributed by atoms with Gasteiger partial charge in [0.2, 0.25) is 0 Å². The Bertz CT molecular complexity index is 337. The first kappa shape index (κ1) is 15.7. The molecule has 0 radical (unpaired) electrons. The van der Waals surface area contributed by atoms with Gasteiger partial charge in [-0.1, -0.05) is 41.9 Å². The topological polar surface area (TPSA) is 21.3 Å². The Morgan fingerprint density at radius 1 is 1.17 bits per heavy atom. The minimum Gasteiger partial charge on any atom is -0.369 e. The summed E-state index contributed by atoms with van der Waals surface area (Å²) >= 11 is 3.46. The van der Waals surface area contributed by atoms with E-state index >= 15 is 0 Å². The molecule has 2 unspecified atom stereocenters. The predicted molar refractivity (Wildman–Crippen MR) is 80.8 cm³/mol. The van der Waals surface area contributed by atoms with Crippen molar-refractivity contribution < 1.29 is 4.74 Å². The van der Waals surface area contributed by atoms with E-state index in [4.69, 9.17) is 4.74 Å². The number of nitrogens with one attached hydrogen (secondary N) is 1. The van der Waals surface area contributed by atoms with Crippen LogP contribution in [0.5, 0.6) is 0 Å². The van der Waals surface area contributed by atoms with Gasteiger partial charge in [-0.2, -0.15) is 0 Å². The van der Waals surface area contributed by atoms with Gasteiger partial charge in [0, 0.05) is 11.0 Å². The Morgan fingerprint density at radius 2 is 1.78 bits per heavy atom. The monoisotopic (exact) mass is 313 g/mol. The standard InChI is InChI=1S/C15H24BrNO/c1-11(2)9-12(3)18-15(10-17-4)13-5-7-14(16)8-6-13/h5-8,11-12,15,17H,9-10H2,1-4H3. The van der Waals surface area contributed by atoms with Crippen LogP contribution in [0, 0.1) is 5.92 Å². The molecule has 0 aliphatic rings. The van der Waals surface area contributed by atoms with Crippen molar-refractivity contribution in [1.29, 1.82) is 0 Å². The predicted octanol–water partition coefficient (Wildman–Crippen LogP) is 4.16. The van der Waals surface area contributed by atoms with Gasteiger partial charge in [-0.25, -0.2) is 0 Å². The molecule has 0 aliphatic heterocycles. The fourth-order valence-corrected chi connectivity index (χ4v) is 2.37. The number of rotatable bonds is 7. The summed E-state index contributed by atoms with van der Waals surface area (Å²) in [5.41, 5.74) is 1.23. The van der Waals surface area contributed by atoms with E-state index in [9.17, 15) is 0 Å². The largest absolute Gasteiger partial charge is 0.369 e. The third-order valence-corrected chi connectivity index (χ3v) is 3.36. The van der Waals surface area contributed by atoms with Crippen molar-refractivity contribution in [1.82, 2.24) is 5.32 Å². The first-order valence-corrected chi connectivity index (χ1v) is 7.37. The highest BCUT2D eigenvalue weighted by Crippen LogP contribution is 2.22. The number of benzene rings is 1. The van der Waals surface area contributed by atoms with Crippen molar-refractivity contribution in [2.45, 2.75) is 39.4 Å². The van der Waals surface area contributed by atoms with Crippen molar-refractivity contribution in [2.24, 2.45) is 5.92 Å². The minimum atomic E-state index is 0.122. The summed E-state index contributed by atoms with van der Waals surface area (Å²) in [7, 11) is 1.96. The normalized spacial score (nSPS) is 14.8. The van der Waals surface area contributed by atoms with Crippen LogP contribution in [0.1, 0.15) is 38.9 Å². The van der Waals surface area contributed by atoms with E-state index in [1.807, 2.05) is 7.05 Å².